The second kappa shape index (κ2) is 8.90. The van der Waals surface area contributed by atoms with Crippen molar-refractivity contribution in [2.24, 2.45) is 11.8 Å². The lowest BCUT2D eigenvalue weighted by atomic mass is 9.85. The summed E-state index contributed by atoms with van der Waals surface area (Å²) in [6.45, 7) is 0.169. The highest BCUT2D eigenvalue weighted by molar-refractivity contribution is 5.96. The number of fused-ring (bicyclic) bond motifs is 1. The number of amides is 2. The van der Waals surface area contributed by atoms with E-state index in [0.29, 0.717) is 22.9 Å². The molecule has 2 fully saturated rings. The molecule has 0 unspecified atom stereocenters. The Bertz CT molecular complexity index is 728. The molecule has 1 aromatic rings. The second-order valence-electron chi connectivity index (χ2n) is 7.82. The maximum absolute atomic E-state index is 12.6. The van der Waals surface area contributed by atoms with Crippen molar-refractivity contribution in [3.8, 4) is 11.5 Å². The number of rotatable bonds is 4. The number of ether oxygens (including phenoxy) is 2. The Morgan fingerprint density at radius 3 is 2.18 bits per heavy atom. The van der Waals surface area contributed by atoms with Gasteiger partial charge in [-0.25, -0.2) is 0 Å². The number of nitrogen functional groups attached to an aromatic ring is 1. The van der Waals surface area contributed by atoms with Crippen molar-refractivity contribution in [1.82, 2.24) is 5.32 Å². The molecule has 0 spiro atoms. The quantitative estimate of drug-likeness (QED) is 0.662. The van der Waals surface area contributed by atoms with Gasteiger partial charge < -0.3 is 25.8 Å². The van der Waals surface area contributed by atoms with Crippen molar-refractivity contribution >= 4 is 35.6 Å². The van der Waals surface area contributed by atoms with Gasteiger partial charge in [0.1, 0.15) is 0 Å². The third-order valence-electron chi connectivity index (χ3n) is 5.97. The van der Waals surface area contributed by atoms with Gasteiger partial charge in [-0.15, -0.1) is 12.4 Å². The first-order chi connectivity index (χ1) is 13.1. The third-order valence-corrected chi connectivity index (χ3v) is 5.97. The van der Waals surface area contributed by atoms with E-state index in [2.05, 4.69) is 10.6 Å². The number of halogens is 1. The maximum atomic E-state index is 12.6. The Morgan fingerprint density at radius 1 is 0.893 bits per heavy atom. The fourth-order valence-electron chi connectivity index (χ4n) is 4.31. The molecule has 0 radical (unpaired) electrons. The van der Waals surface area contributed by atoms with Crippen molar-refractivity contribution in [3.63, 3.8) is 0 Å². The van der Waals surface area contributed by atoms with E-state index in [1.165, 1.54) is 0 Å². The minimum atomic E-state index is -0.0607. The maximum Gasteiger partial charge on any atom is 0.231 e. The number of anilines is 2. The van der Waals surface area contributed by atoms with Crippen molar-refractivity contribution in [2.45, 2.75) is 57.4 Å². The van der Waals surface area contributed by atoms with Gasteiger partial charge in [0.05, 0.1) is 11.4 Å². The predicted octanol–water partition coefficient (Wildman–Crippen LogP) is 3.22. The number of carbonyl (C=O) groups excluding carboxylic acids is 2. The summed E-state index contributed by atoms with van der Waals surface area (Å²) in [6.07, 6.45) is 7.57. The lowest BCUT2D eigenvalue weighted by Crippen LogP contribution is -2.41. The van der Waals surface area contributed by atoms with E-state index in [9.17, 15) is 9.59 Å². The molecule has 4 N–H and O–H groups in total. The summed E-state index contributed by atoms with van der Waals surface area (Å²) < 4.78 is 10.6. The molecule has 1 heterocycles. The number of benzene rings is 1. The van der Waals surface area contributed by atoms with Gasteiger partial charge in [0, 0.05) is 30.0 Å². The molecular weight excluding hydrogens is 382 g/mol. The van der Waals surface area contributed by atoms with E-state index in [0.717, 1.165) is 51.4 Å². The molecule has 7 nitrogen and oxygen atoms in total. The molecule has 2 amide bonds. The summed E-state index contributed by atoms with van der Waals surface area (Å²) in [5.74, 6) is 1.51. The normalized spacial score (nSPS) is 23.7. The molecule has 0 bridgehead atoms. The highest BCUT2D eigenvalue weighted by Gasteiger charge is 2.30. The van der Waals surface area contributed by atoms with Crippen molar-refractivity contribution in [1.29, 1.82) is 0 Å². The minimum absolute atomic E-state index is 0. The van der Waals surface area contributed by atoms with E-state index in [1.54, 1.807) is 12.1 Å². The molecule has 0 atom stereocenters. The van der Waals surface area contributed by atoms with Gasteiger partial charge in [-0.3, -0.25) is 9.59 Å². The number of nitrogens with two attached hydrogens (primary N) is 1. The summed E-state index contributed by atoms with van der Waals surface area (Å²) in [5, 5.41) is 6.11. The van der Waals surface area contributed by atoms with Crippen LogP contribution >= 0.6 is 12.4 Å². The molecule has 0 aromatic heterocycles. The zero-order valence-electron chi connectivity index (χ0n) is 15.9. The summed E-state index contributed by atoms with van der Waals surface area (Å²) in [4.78, 5) is 24.9. The Kier molecular flexibility index (Phi) is 6.54. The van der Waals surface area contributed by atoms with E-state index in [4.69, 9.17) is 15.2 Å². The van der Waals surface area contributed by atoms with Crippen molar-refractivity contribution in [3.05, 3.63) is 12.1 Å². The molecule has 3 aliphatic rings. The Morgan fingerprint density at radius 2 is 1.50 bits per heavy atom. The summed E-state index contributed by atoms with van der Waals surface area (Å²) in [5.41, 5.74) is 7.03. The third kappa shape index (κ3) is 4.46. The zero-order chi connectivity index (χ0) is 18.8. The molecule has 154 valence electrons. The predicted molar refractivity (Wildman–Crippen MR) is 109 cm³/mol. The molecule has 28 heavy (non-hydrogen) atoms. The van der Waals surface area contributed by atoms with Crippen LogP contribution in [-0.4, -0.2) is 24.6 Å². The molecule has 1 aliphatic heterocycles. The number of carbonyl (C=O) groups is 2. The molecule has 1 aromatic carbocycles. The molecule has 0 saturated heterocycles. The Hall–Kier alpha value is -2.15. The topological polar surface area (TPSA) is 103 Å². The standard InChI is InChI=1S/C20H27N3O4.ClH/c21-15-9-17-18(27-11-26-17)10-16(15)23-20(25)13-5-7-14(8-6-13)22-19(24)12-3-1-2-4-12;/h9-10,12-14H,1-8,11,21H2,(H,22,24)(H,23,25);1H. The highest BCUT2D eigenvalue weighted by Crippen LogP contribution is 2.38. The highest BCUT2D eigenvalue weighted by atomic mass is 35.5. The fraction of sp³-hybridized carbons (Fsp3) is 0.600. The van der Waals surface area contributed by atoms with Crippen molar-refractivity contribution < 1.29 is 19.1 Å². The van der Waals surface area contributed by atoms with Crippen LogP contribution in [0.15, 0.2) is 12.1 Å². The van der Waals surface area contributed by atoms with E-state index >= 15 is 0 Å². The lowest BCUT2D eigenvalue weighted by Gasteiger charge is -2.29. The largest absolute Gasteiger partial charge is 0.454 e. The van der Waals surface area contributed by atoms with Gasteiger partial charge in [0.15, 0.2) is 11.5 Å². The zero-order valence-corrected chi connectivity index (χ0v) is 16.7. The van der Waals surface area contributed by atoms with Crippen molar-refractivity contribution in [2.75, 3.05) is 17.8 Å². The van der Waals surface area contributed by atoms with Gasteiger partial charge in [-0.2, -0.15) is 0 Å². The number of nitrogens with one attached hydrogen (secondary N) is 2. The van der Waals surface area contributed by atoms with Gasteiger partial charge in [0.25, 0.3) is 0 Å². The first-order valence-electron chi connectivity index (χ1n) is 9.90. The van der Waals surface area contributed by atoms with Gasteiger partial charge in [0.2, 0.25) is 18.6 Å². The monoisotopic (exact) mass is 409 g/mol. The van der Waals surface area contributed by atoms with Crippen LogP contribution in [0.1, 0.15) is 51.4 Å². The van der Waals surface area contributed by atoms with Gasteiger partial charge >= 0.3 is 0 Å². The first-order valence-corrected chi connectivity index (χ1v) is 9.90. The molecule has 2 aliphatic carbocycles. The van der Waals surface area contributed by atoms with Crippen LogP contribution < -0.4 is 25.8 Å². The van der Waals surface area contributed by atoms with Crippen LogP contribution in [0.4, 0.5) is 11.4 Å². The lowest BCUT2D eigenvalue weighted by molar-refractivity contribution is -0.125. The van der Waals surface area contributed by atoms with E-state index in [1.807, 2.05) is 0 Å². The molecule has 2 saturated carbocycles. The molecule has 8 heteroatoms. The van der Waals surface area contributed by atoms with Crippen LogP contribution in [0.2, 0.25) is 0 Å². The SMILES string of the molecule is Cl.Nc1cc2c(cc1NC(=O)C1CCC(NC(=O)C3CCCC3)CC1)OCO2. The number of hydrogen-bond donors (Lipinski definition) is 3. The van der Waals surface area contributed by atoms with Crippen LogP contribution in [0.5, 0.6) is 11.5 Å². The average molecular weight is 410 g/mol. The molecule has 4 rings (SSSR count). The number of hydrogen-bond acceptors (Lipinski definition) is 5. The van der Waals surface area contributed by atoms with E-state index < -0.39 is 0 Å². The first kappa shape index (κ1) is 20.6. The smallest absolute Gasteiger partial charge is 0.231 e. The second-order valence-corrected chi connectivity index (χ2v) is 7.82. The van der Waals surface area contributed by atoms with Gasteiger partial charge in [-0.1, -0.05) is 12.8 Å². The fourth-order valence-corrected chi connectivity index (χ4v) is 4.31. The summed E-state index contributed by atoms with van der Waals surface area (Å²) in [7, 11) is 0. The summed E-state index contributed by atoms with van der Waals surface area (Å²) in [6, 6.07) is 3.58. The van der Waals surface area contributed by atoms with E-state index in [-0.39, 0.29) is 48.9 Å². The minimum Gasteiger partial charge on any atom is -0.454 e. The van der Waals surface area contributed by atoms with Crippen LogP contribution in [0, 0.1) is 11.8 Å². The van der Waals surface area contributed by atoms with Crippen LogP contribution in [-0.2, 0) is 9.59 Å². The van der Waals surface area contributed by atoms with Crippen LogP contribution in [0.25, 0.3) is 0 Å². The Labute approximate surface area is 171 Å². The summed E-state index contributed by atoms with van der Waals surface area (Å²) >= 11 is 0. The van der Waals surface area contributed by atoms with Gasteiger partial charge in [-0.05, 0) is 38.5 Å². The van der Waals surface area contributed by atoms with Crippen LogP contribution in [0.3, 0.4) is 0 Å². The molecular formula is C20H28ClN3O4. The average Bonchev–Trinajstić information content (AvgIpc) is 3.34. The Balaban J connectivity index is 0.00000225.